The second-order valence-electron chi connectivity index (χ2n) is 5.82. The fourth-order valence-electron chi connectivity index (χ4n) is 2.44. The summed E-state index contributed by atoms with van der Waals surface area (Å²) in [7, 11) is 0. The van der Waals surface area contributed by atoms with Gasteiger partial charge in [-0.15, -0.1) is 0 Å². The summed E-state index contributed by atoms with van der Waals surface area (Å²) >= 11 is 0. The summed E-state index contributed by atoms with van der Waals surface area (Å²) in [5.74, 6) is -2.24. The Balaban J connectivity index is 1.75. The third-order valence-corrected chi connectivity index (χ3v) is 3.65. The van der Waals surface area contributed by atoms with Gasteiger partial charge in [0.05, 0.1) is 17.1 Å². The molecule has 0 radical (unpaired) electrons. The Bertz CT molecular complexity index is 1000. The van der Waals surface area contributed by atoms with Gasteiger partial charge in [0.1, 0.15) is 11.6 Å². The van der Waals surface area contributed by atoms with Crippen LogP contribution in [0.25, 0.3) is 0 Å². The molecule has 0 atom stereocenters. The number of ether oxygens (including phenoxy) is 1. The number of aromatic nitrogens is 2. The Morgan fingerprint density at radius 2 is 1.54 bits per heavy atom. The van der Waals surface area contributed by atoms with Crippen molar-refractivity contribution < 1.29 is 22.7 Å². The summed E-state index contributed by atoms with van der Waals surface area (Å²) < 4.78 is 45.5. The molecule has 0 spiro atoms. The molecular weight excluding hydrogens is 373 g/mol. The highest BCUT2D eigenvalue weighted by atomic mass is 19.1. The smallest absolute Gasteiger partial charge is 0.323 e. The van der Waals surface area contributed by atoms with E-state index in [9.17, 15) is 18.0 Å². The minimum Gasteiger partial charge on any atom is -0.421 e. The van der Waals surface area contributed by atoms with Crippen LogP contribution in [0.1, 0.15) is 11.4 Å². The maximum absolute atomic E-state index is 13.7. The zero-order chi connectivity index (χ0) is 20.3. The summed E-state index contributed by atoms with van der Waals surface area (Å²) in [6.45, 7) is 3.20. The van der Waals surface area contributed by atoms with E-state index >= 15 is 0 Å². The summed E-state index contributed by atoms with van der Waals surface area (Å²) in [4.78, 5) is 20.3. The Morgan fingerprint density at radius 1 is 0.929 bits per heavy atom. The van der Waals surface area contributed by atoms with Gasteiger partial charge in [-0.25, -0.2) is 18.0 Å². The van der Waals surface area contributed by atoms with Gasteiger partial charge in [-0.05, 0) is 38.1 Å². The standard InChI is InChI=1S/C19H15F3N4O2/c1-10-17(26-18(27)25-14-8-12(20)7-13(21)9-14)11(2)24-19(23-10)28-16-6-4-3-5-15(16)22/h3-9H,1-2H3,(H2,25,26,27). The Labute approximate surface area is 158 Å². The van der Waals surface area contributed by atoms with Crippen molar-refractivity contribution >= 4 is 17.4 Å². The van der Waals surface area contributed by atoms with Gasteiger partial charge >= 0.3 is 12.0 Å². The molecule has 1 heterocycles. The SMILES string of the molecule is Cc1nc(Oc2ccccc2F)nc(C)c1NC(=O)Nc1cc(F)cc(F)c1. The first-order valence-electron chi connectivity index (χ1n) is 8.13. The first kappa shape index (κ1) is 19.2. The average molecular weight is 388 g/mol. The maximum atomic E-state index is 13.7. The van der Waals surface area contributed by atoms with Crippen molar-refractivity contribution in [3.8, 4) is 11.8 Å². The van der Waals surface area contributed by atoms with Gasteiger partial charge in [-0.3, -0.25) is 0 Å². The topological polar surface area (TPSA) is 76.1 Å². The molecule has 0 saturated carbocycles. The fourth-order valence-corrected chi connectivity index (χ4v) is 2.44. The number of rotatable bonds is 4. The molecule has 144 valence electrons. The molecule has 2 aromatic carbocycles. The number of nitrogens with one attached hydrogen (secondary N) is 2. The van der Waals surface area contributed by atoms with Crippen LogP contribution in [-0.4, -0.2) is 16.0 Å². The first-order chi connectivity index (χ1) is 13.3. The average Bonchev–Trinajstić information content (AvgIpc) is 2.59. The third kappa shape index (κ3) is 4.56. The number of para-hydroxylation sites is 1. The lowest BCUT2D eigenvalue weighted by molar-refractivity contribution is 0.262. The Morgan fingerprint density at radius 3 is 2.14 bits per heavy atom. The zero-order valence-electron chi connectivity index (χ0n) is 14.9. The van der Waals surface area contributed by atoms with Crippen LogP contribution >= 0.6 is 0 Å². The van der Waals surface area contributed by atoms with E-state index in [2.05, 4.69) is 20.6 Å². The largest absolute Gasteiger partial charge is 0.421 e. The lowest BCUT2D eigenvalue weighted by Gasteiger charge is -2.13. The molecule has 0 aliphatic heterocycles. The number of amides is 2. The first-order valence-corrected chi connectivity index (χ1v) is 8.13. The lowest BCUT2D eigenvalue weighted by Crippen LogP contribution is -2.21. The molecule has 3 rings (SSSR count). The van der Waals surface area contributed by atoms with E-state index in [0.29, 0.717) is 17.5 Å². The van der Waals surface area contributed by atoms with Crippen molar-refractivity contribution in [2.75, 3.05) is 10.6 Å². The molecule has 2 amide bonds. The normalized spacial score (nSPS) is 10.5. The van der Waals surface area contributed by atoms with Crippen LogP contribution in [0.4, 0.5) is 29.3 Å². The molecule has 0 aliphatic rings. The van der Waals surface area contributed by atoms with Gasteiger partial charge in [-0.2, -0.15) is 9.97 Å². The van der Waals surface area contributed by atoms with Crippen molar-refractivity contribution in [2.24, 2.45) is 0 Å². The number of carbonyl (C=O) groups excluding carboxylic acids is 1. The fraction of sp³-hybridized carbons (Fsp3) is 0.105. The third-order valence-electron chi connectivity index (χ3n) is 3.65. The maximum Gasteiger partial charge on any atom is 0.323 e. The summed E-state index contributed by atoms with van der Waals surface area (Å²) in [6.07, 6.45) is 0. The van der Waals surface area contributed by atoms with E-state index < -0.39 is 23.5 Å². The van der Waals surface area contributed by atoms with Crippen LogP contribution < -0.4 is 15.4 Å². The summed E-state index contributed by atoms with van der Waals surface area (Å²) in [5.41, 5.74) is 0.958. The predicted molar refractivity (Wildman–Crippen MR) is 97.0 cm³/mol. The predicted octanol–water partition coefficient (Wildman–Crippen LogP) is 4.95. The molecule has 3 aromatic rings. The van der Waals surface area contributed by atoms with Crippen molar-refractivity contribution in [1.82, 2.24) is 9.97 Å². The molecule has 9 heteroatoms. The van der Waals surface area contributed by atoms with E-state index in [1.54, 1.807) is 19.9 Å². The molecular formula is C19H15F3N4O2. The van der Waals surface area contributed by atoms with E-state index in [1.165, 1.54) is 18.2 Å². The summed E-state index contributed by atoms with van der Waals surface area (Å²) in [5, 5.41) is 4.84. The quantitative estimate of drug-likeness (QED) is 0.663. The van der Waals surface area contributed by atoms with Crippen molar-refractivity contribution in [2.45, 2.75) is 13.8 Å². The number of carbonyl (C=O) groups is 1. The van der Waals surface area contributed by atoms with E-state index in [0.717, 1.165) is 12.1 Å². The van der Waals surface area contributed by atoms with Crippen LogP contribution in [0.15, 0.2) is 42.5 Å². The van der Waals surface area contributed by atoms with Gasteiger partial charge in [0.15, 0.2) is 11.6 Å². The molecule has 0 fully saturated rings. The number of nitrogens with zero attached hydrogens (tertiary/aromatic N) is 2. The van der Waals surface area contributed by atoms with Crippen molar-refractivity contribution in [1.29, 1.82) is 0 Å². The minimum atomic E-state index is -0.819. The molecule has 28 heavy (non-hydrogen) atoms. The number of hydrogen-bond donors (Lipinski definition) is 2. The van der Waals surface area contributed by atoms with Gasteiger partial charge in [0.2, 0.25) is 0 Å². The molecule has 2 N–H and O–H groups in total. The molecule has 6 nitrogen and oxygen atoms in total. The molecule has 0 saturated heterocycles. The van der Waals surface area contributed by atoms with Crippen LogP contribution in [0, 0.1) is 31.3 Å². The van der Waals surface area contributed by atoms with Crippen molar-refractivity contribution in [3.63, 3.8) is 0 Å². The van der Waals surface area contributed by atoms with Gasteiger partial charge in [0.25, 0.3) is 0 Å². The van der Waals surface area contributed by atoms with E-state index in [4.69, 9.17) is 4.74 Å². The summed E-state index contributed by atoms with van der Waals surface area (Å²) in [6, 6.07) is 7.63. The second kappa shape index (κ2) is 7.95. The monoisotopic (exact) mass is 388 g/mol. The number of urea groups is 1. The highest BCUT2D eigenvalue weighted by Crippen LogP contribution is 2.25. The number of benzene rings is 2. The van der Waals surface area contributed by atoms with Crippen molar-refractivity contribution in [3.05, 3.63) is 71.3 Å². The van der Waals surface area contributed by atoms with Gasteiger partial charge in [0, 0.05) is 11.8 Å². The number of aryl methyl sites for hydroxylation is 2. The van der Waals surface area contributed by atoms with Crippen LogP contribution in [0.2, 0.25) is 0 Å². The highest BCUT2D eigenvalue weighted by molar-refractivity contribution is 6.00. The van der Waals surface area contributed by atoms with E-state index in [1.807, 2.05) is 0 Å². The van der Waals surface area contributed by atoms with Crippen LogP contribution in [0.5, 0.6) is 11.8 Å². The number of halogens is 3. The zero-order valence-corrected chi connectivity index (χ0v) is 14.9. The molecule has 0 unspecified atom stereocenters. The number of anilines is 2. The van der Waals surface area contributed by atoms with Gasteiger partial charge in [-0.1, -0.05) is 12.1 Å². The van der Waals surface area contributed by atoms with Crippen LogP contribution in [0.3, 0.4) is 0 Å². The molecule has 0 aliphatic carbocycles. The second-order valence-corrected chi connectivity index (χ2v) is 5.82. The Kier molecular flexibility index (Phi) is 5.44. The van der Waals surface area contributed by atoms with E-state index in [-0.39, 0.29) is 23.1 Å². The Hall–Kier alpha value is -3.62. The minimum absolute atomic E-state index is 0.0344. The molecule has 1 aromatic heterocycles. The van der Waals surface area contributed by atoms with Gasteiger partial charge < -0.3 is 15.4 Å². The molecule has 0 bridgehead atoms. The number of hydrogen-bond acceptors (Lipinski definition) is 4. The van der Waals surface area contributed by atoms with Crippen LogP contribution in [-0.2, 0) is 0 Å². The highest BCUT2D eigenvalue weighted by Gasteiger charge is 2.14. The lowest BCUT2D eigenvalue weighted by atomic mass is 10.3.